The second kappa shape index (κ2) is 4.99. The summed E-state index contributed by atoms with van der Waals surface area (Å²) in [5.74, 6) is -0.226. The van der Waals surface area contributed by atoms with Crippen molar-refractivity contribution >= 4 is 17.5 Å². The standard InChI is InChI=1S/C14H19N3O2/c1-14(2)7-12(18)17(13(19)8-14)9-11-6-10(15-3)4-5-16-11/h4-6H,7-9H2,1-3H3,(H,15,16). The molecule has 0 aromatic carbocycles. The summed E-state index contributed by atoms with van der Waals surface area (Å²) < 4.78 is 0. The molecule has 102 valence electrons. The Bertz CT molecular complexity index is 491. The number of piperidine rings is 1. The molecule has 0 bridgehead atoms. The van der Waals surface area contributed by atoms with Gasteiger partial charge < -0.3 is 5.32 Å². The van der Waals surface area contributed by atoms with Gasteiger partial charge in [0, 0.05) is 31.8 Å². The first kappa shape index (κ1) is 13.5. The lowest BCUT2D eigenvalue weighted by molar-refractivity contribution is -0.153. The van der Waals surface area contributed by atoms with Crippen LogP contribution in [0.25, 0.3) is 0 Å². The molecule has 2 rings (SSSR count). The molecule has 1 aliphatic heterocycles. The van der Waals surface area contributed by atoms with Gasteiger partial charge in [0.2, 0.25) is 11.8 Å². The Labute approximate surface area is 113 Å². The summed E-state index contributed by atoms with van der Waals surface area (Å²) in [7, 11) is 1.82. The summed E-state index contributed by atoms with van der Waals surface area (Å²) in [4.78, 5) is 29.6. The molecule has 0 atom stereocenters. The van der Waals surface area contributed by atoms with Gasteiger partial charge in [0.05, 0.1) is 12.2 Å². The molecule has 2 heterocycles. The fourth-order valence-corrected chi connectivity index (χ4v) is 2.27. The molecule has 0 aliphatic carbocycles. The third-order valence-electron chi connectivity index (χ3n) is 3.29. The van der Waals surface area contributed by atoms with Gasteiger partial charge in [-0.1, -0.05) is 13.8 Å². The number of nitrogens with zero attached hydrogens (tertiary/aromatic N) is 2. The third kappa shape index (κ3) is 3.10. The van der Waals surface area contributed by atoms with Crippen molar-refractivity contribution in [1.29, 1.82) is 0 Å². The van der Waals surface area contributed by atoms with Crippen molar-refractivity contribution in [3.05, 3.63) is 24.0 Å². The molecule has 0 saturated carbocycles. The van der Waals surface area contributed by atoms with Crippen LogP contribution >= 0.6 is 0 Å². The molecule has 5 nitrogen and oxygen atoms in total. The predicted octanol–water partition coefficient (Wildman–Crippen LogP) is 1.80. The van der Waals surface area contributed by atoms with E-state index in [1.807, 2.05) is 33.0 Å². The lowest BCUT2D eigenvalue weighted by atomic mass is 9.82. The molecule has 1 aromatic rings. The molecule has 1 aromatic heterocycles. The highest BCUT2D eigenvalue weighted by Crippen LogP contribution is 2.32. The lowest BCUT2D eigenvalue weighted by Crippen LogP contribution is -2.45. The van der Waals surface area contributed by atoms with E-state index in [9.17, 15) is 9.59 Å². The predicted molar refractivity (Wildman–Crippen MR) is 72.4 cm³/mol. The normalized spacial score (nSPS) is 18.6. The first-order valence-corrected chi connectivity index (χ1v) is 6.37. The SMILES string of the molecule is CNc1ccnc(CN2C(=O)CC(C)(C)CC2=O)c1. The summed E-state index contributed by atoms with van der Waals surface area (Å²) >= 11 is 0. The first-order chi connectivity index (χ1) is 8.91. The molecule has 1 fully saturated rings. The zero-order valence-corrected chi connectivity index (χ0v) is 11.6. The van der Waals surface area contributed by atoms with Crippen molar-refractivity contribution in [2.75, 3.05) is 12.4 Å². The Morgan fingerprint density at radius 1 is 1.32 bits per heavy atom. The number of hydrogen-bond acceptors (Lipinski definition) is 4. The van der Waals surface area contributed by atoms with Crippen LogP contribution in [0.2, 0.25) is 0 Å². The van der Waals surface area contributed by atoms with Crippen molar-refractivity contribution in [3.8, 4) is 0 Å². The Morgan fingerprint density at radius 3 is 2.53 bits per heavy atom. The number of pyridine rings is 1. The number of aromatic nitrogens is 1. The van der Waals surface area contributed by atoms with Crippen LogP contribution in [-0.4, -0.2) is 28.7 Å². The topological polar surface area (TPSA) is 62.3 Å². The van der Waals surface area contributed by atoms with E-state index < -0.39 is 0 Å². The van der Waals surface area contributed by atoms with E-state index in [1.165, 1.54) is 4.90 Å². The maximum absolute atomic E-state index is 12.0. The van der Waals surface area contributed by atoms with E-state index in [-0.39, 0.29) is 23.8 Å². The van der Waals surface area contributed by atoms with E-state index >= 15 is 0 Å². The van der Waals surface area contributed by atoms with Crippen LogP contribution in [-0.2, 0) is 16.1 Å². The van der Waals surface area contributed by atoms with E-state index in [4.69, 9.17) is 0 Å². The molecule has 1 aliphatic rings. The minimum Gasteiger partial charge on any atom is -0.388 e. The number of hydrogen-bond donors (Lipinski definition) is 1. The molecule has 1 saturated heterocycles. The maximum atomic E-state index is 12.0. The minimum atomic E-state index is -0.231. The highest BCUT2D eigenvalue weighted by molar-refractivity contribution is 5.98. The zero-order chi connectivity index (χ0) is 14.0. The van der Waals surface area contributed by atoms with Gasteiger partial charge in [-0.3, -0.25) is 19.5 Å². The quantitative estimate of drug-likeness (QED) is 0.843. The van der Waals surface area contributed by atoms with Gasteiger partial charge in [-0.15, -0.1) is 0 Å². The number of anilines is 1. The van der Waals surface area contributed by atoms with Crippen LogP contribution < -0.4 is 5.32 Å². The number of rotatable bonds is 3. The number of nitrogens with one attached hydrogen (secondary N) is 1. The summed E-state index contributed by atoms with van der Waals surface area (Å²) in [6, 6.07) is 3.69. The van der Waals surface area contributed by atoms with Gasteiger partial charge in [0.25, 0.3) is 0 Å². The fraction of sp³-hybridized carbons (Fsp3) is 0.500. The minimum absolute atomic E-state index is 0.113. The van der Waals surface area contributed by atoms with Crippen molar-refractivity contribution < 1.29 is 9.59 Å². The Balaban J connectivity index is 2.14. The van der Waals surface area contributed by atoms with Crippen LogP contribution in [0.5, 0.6) is 0 Å². The largest absolute Gasteiger partial charge is 0.388 e. The fourth-order valence-electron chi connectivity index (χ4n) is 2.27. The molecule has 0 spiro atoms. The summed E-state index contributed by atoms with van der Waals surface area (Å²) in [5.41, 5.74) is 1.40. The van der Waals surface area contributed by atoms with Crippen LogP contribution in [0.4, 0.5) is 5.69 Å². The van der Waals surface area contributed by atoms with Gasteiger partial charge in [0.1, 0.15) is 0 Å². The highest BCUT2D eigenvalue weighted by Gasteiger charge is 2.37. The van der Waals surface area contributed by atoms with Gasteiger partial charge in [-0.2, -0.15) is 0 Å². The highest BCUT2D eigenvalue weighted by atomic mass is 16.2. The first-order valence-electron chi connectivity index (χ1n) is 6.37. The van der Waals surface area contributed by atoms with Crippen molar-refractivity contribution in [3.63, 3.8) is 0 Å². The number of carbonyl (C=O) groups excluding carboxylic acids is 2. The molecule has 0 unspecified atom stereocenters. The molecule has 5 heteroatoms. The lowest BCUT2D eigenvalue weighted by Gasteiger charge is -2.34. The van der Waals surface area contributed by atoms with Crippen molar-refractivity contribution in [1.82, 2.24) is 9.88 Å². The second-order valence-corrected chi connectivity index (χ2v) is 5.68. The van der Waals surface area contributed by atoms with E-state index in [2.05, 4.69) is 10.3 Å². The van der Waals surface area contributed by atoms with Crippen LogP contribution in [0, 0.1) is 5.41 Å². The molecular formula is C14H19N3O2. The number of imide groups is 1. The van der Waals surface area contributed by atoms with Crippen LogP contribution in [0.15, 0.2) is 18.3 Å². The third-order valence-corrected chi connectivity index (χ3v) is 3.29. The van der Waals surface area contributed by atoms with E-state index in [1.54, 1.807) is 6.20 Å². The summed E-state index contributed by atoms with van der Waals surface area (Å²) in [5, 5.41) is 3.01. The Morgan fingerprint density at radius 2 is 1.95 bits per heavy atom. The second-order valence-electron chi connectivity index (χ2n) is 5.68. The summed E-state index contributed by atoms with van der Waals surface area (Å²) in [6.07, 6.45) is 2.49. The average Bonchev–Trinajstić information content (AvgIpc) is 2.33. The Hall–Kier alpha value is -1.91. The number of carbonyl (C=O) groups is 2. The van der Waals surface area contributed by atoms with Crippen LogP contribution in [0.3, 0.4) is 0 Å². The summed E-state index contributed by atoms with van der Waals surface area (Å²) in [6.45, 7) is 4.14. The van der Waals surface area contributed by atoms with Crippen molar-refractivity contribution in [2.45, 2.75) is 33.2 Å². The van der Waals surface area contributed by atoms with E-state index in [0.29, 0.717) is 18.5 Å². The maximum Gasteiger partial charge on any atom is 0.230 e. The number of likely N-dealkylation sites (tertiary alicyclic amines) is 1. The van der Waals surface area contributed by atoms with Crippen molar-refractivity contribution in [2.24, 2.45) is 5.41 Å². The van der Waals surface area contributed by atoms with Crippen LogP contribution in [0.1, 0.15) is 32.4 Å². The molecule has 0 radical (unpaired) electrons. The van der Waals surface area contributed by atoms with Gasteiger partial charge in [-0.25, -0.2) is 0 Å². The van der Waals surface area contributed by atoms with Gasteiger partial charge in [0.15, 0.2) is 0 Å². The monoisotopic (exact) mass is 261 g/mol. The smallest absolute Gasteiger partial charge is 0.230 e. The Kier molecular flexibility index (Phi) is 3.55. The molecule has 2 amide bonds. The molecular weight excluding hydrogens is 242 g/mol. The van der Waals surface area contributed by atoms with Gasteiger partial charge in [-0.05, 0) is 17.5 Å². The number of amides is 2. The molecule has 19 heavy (non-hydrogen) atoms. The average molecular weight is 261 g/mol. The molecule has 1 N–H and O–H groups in total. The zero-order valence-electron chi connectivity index (χ0n) is 11.6. The van der Waals surface area contributed by atoms with E-state index in [0.717, 1.165) is 5.69 Å². The van der Waals surface area contributed by atoms with Gasteiger partial charge >= 0.3 is 0 Å².